The van der Waals surface area contributed by atoms with Crippen molar-refractivity contribution < 1.29 is 23.8 Å². The van der Waals surface area contributed by atoms with E-state index in [0.717, 1.165) is 0 Å². The van der Waals surface area contributed by atoms with E-state index in [9.17, 15) is 9.59 Å². The van der Waals surface area contributed by atoms with E-state index in [1.54, 1.807) is 0 Å². The molecule has 3 atom stereocenters. The minimum absolute atomic E-state index is 0.0566. The zero-order chi connectivity index (χ0) is 13.7. The van der Waals surface area contributed by atoms with Crippen LogP contribution in [0.25, 0.3) is 0 Å². The van der Waals surface area contributed by atoms with Crippen LogP contribution in [0.15, 0.2) is 11.5 Å². The number of methoxy groups -OCH3 is 2. The van der Waals surface area contributed by atoms with Gasteiger partial charge in [-0.15, -0.1) is 0 Å². The Morgan fingerprint density at radius 3 is 2.39 bits per heavy atom. The Morgan fingerprint density at radius 2 is 1.94 bits per heavy atom. The number of rotatable bonds is 3. The average molecular weight is 384 g/mol. The summed E-state index contributed by atoms with van der Waals surface area (Å²) in [6.45, 7) is 1.24. The fourth-order valence-electron chi connectivity index (χ4n) is 2.33. The Balaban J connectivity index is 2.43. The summed E-state index contributed by atoms with van der Waals surface area (Å²) in [5.41, 5.74) is 0. The van der Waals surface area contributed by atoms with Crippen LogP contribution in [-0.2, 0) is 23.8 Å². The molecular formula is C11H12Br2O5. The van der Waals surface area contributed by atoms with Gasteiger partial charge in [0.25, 0.3) is 0 Å². The minimum atomic E-state index is -0.559. The predicted octanol–water partition coefficient (Wildman–Crippen LogP) is 1.74. The highest BCUT2D eigenvalue weighted by molar-refractivity contribution is 9.25. The van der Waals surface area contributed by atoms with Crippen molar-refractivity contribution >= 4 is 43.6 Å². The fraction of sp³-hybridized carbons (Fsp3) is 0.636. The van der Waals surface area contributed by atoms with Crippen LogP contribution in [0.4, 0.5) is 0 Å². The standard InChI is InChI=1S/C11H12Br2O5/c1-4(14)18-9-7(15)5-6(11(5,12)13)8(16-2)10(9)17-3/h5-6,8H,1-3H3/t5-,6-,8-/m1/s1. The second kappa shape index (κ2) is 4.61. The Labute approximate surface area is 121 Å². The lowest BCUT2D eigenvalue weighted by Gasteiger charge is -2.23. The molecule has 5 nitrogen and oxygen atoms in total. The van der Waals surface area contributed by atoms with E-state index in [1.807, 2.05) is 0 Å². The maximum absolute atomic E-state index is 12.2. The average Bonchev–Trinajstić information content (AvgIpc) is 2.85. The van der Waals surface area contributed by atoms with Crippen LogP contribution < -0.4 is 0 Å². The van der Waals surface area contributed by atoms with E-state index in [-0.39, 0.29) is 29.1 Å². The number of allylic oxidation sites excluding steroid dienone is 1. The maximum Gasteiger partial charge on any atom is 0.308 e. The normalized spacial score (nSPS) is 32.9. The van der Waals surface area contributed by atoms with Crippen LogP contribution in [0, 0.1) is 11.8 Å². The van der Waals surface area contributed by atoms with Crippen molar-refractivity contribution in [2.45, 2.75) is 16.3 Å². The molecule has 2 aliphatic rings. The second-order valence-electron chi connectivity index (χ2n) is 4.19. The molecule has 7 heteroatoms. The Bertz CT molecular complexity index is 443. The number of hydrogen-bond donors (Lipinski definition) is 0. The number of carbonyl (C=O) groups is 2. The van der Waals surface area contributed by atoms with Gasteiger partial charge >= 0.3 is 5.97 Å². The Morgan fingerprint density at radius 1 is 1.33 bits per heavy atom. The molecule has 100 valence electrons. The van der Waals surface area contributed by atoms with Gasteiger partial charge in [0.2, 0.25) is 11.5 Å². The first-order valence-electron chi connectivity index (χ1n) is 5.27. The first-order chi connectivity index (χ1) is 8.36. The van der Waals surface area contributed by atoms with Gasteiger partial charge in [0.1, 0.15) is 6.10 Å². The van der Waals surface area contributed by atoms with E-state index in [2.05, 4.69) is 31.9 Å². The van der Waals surface area contributed by atoms with Crippen molar-refractivity contribution in [2.75, 3.05) is 14.2 Å². The molecule has 2 aliphatic carbocycles. The first-order valence-corrected chi connectivity index (χ1v) is 6.86. The van der Waals surface area contributed by atoms with Gasteiger partial charge in [0.05, 0.1) is 16.3 Å². The van der Waals surface area contributed by atoms with Gasteiger partial charge in [0, 0.05) is 20.0 Å². The van der Waals surface area contributed by atoms with Gasteiger partial charge in [-0.25, -0.2) is 0 Å². The van der Waals surface area contributed by atoms with E-state index in [1.165, 1.54) is 21.1 Å². The lowest BCUT2D eigenvalue weighted by atomic mass is 10.00. The largest absolute Gasteiger partial charge is 0.494 e. The third-order valence-corrected chi connectivity index (χ3v) is 5.19. The number of ketones is 1. The summed E-state index contributed by atoms with van der Waals surface area (Å²) in [7, 11) is 2.95. The van der Waals surface area contributed by atoms with Crippen LogP contribution in [0.1, 0.15) is 6.92 Å². The van der Waals surface area contributed by atoms with Gasteiger partial charge < -0.3 is 14.2 Å². The second-order valence-corrected chi connectivity index (χ2v) is 7.88. The predicted molar refractivity (Wildman–Crippen MR) is 69.2 cm³/mol. The van der Waals surface area contributed by atoms with Crippen molar-refractivity contribution in [3.63, 3.8) is 0 Å². The third kappa shape index (κ3) is 1.92. The highest BCUT2D eigenvalue weighted by atomic mass is 79.9. The van der Waals surface area contributed by atoms with Crippen LogP contribution in [-0.4, -0.2) is 35.3 Å². The van der Waals surface area contributed by atoms with Crippen molar-refractivity contribution in [3.8, 4) is 0 Å². The maximum atomic E-state index is 12.2. The van der Waals surface area contributed by atoms with Crippen LogP contribution >= 0.6 is 31.9 Å². The number of fused-ring (bicyclic) bond motifs is 1. The molecule has 18 heavy (non-hydrogen) atoms. The van der Waals surface area contributed by atoms with Gasteiger partial charge in [-0.05, 0) is 0 Å². The fourth-order valence-corrected chi connectivity index (χ4v) is 4.06. The highest BCUT2D eigenvalue weighted by Crippen LogP contribution is 2.67. The summed E-state index contributed by atoms with van der Waals surface area (Å²) in [5.74, 6) is -1.01. The summed E-state index contributed by atoms with van der Waals surface area (Å²) < 4.78 is 15.0. The lowest BCUT2D eigenvalue weighted by molar-refractivity contribution is -0.142. The molecule has 0 aromatic rings. The van der Waals surface area contributed by atoms with E-state index >= 15 is 0 Å². The molecular weight excluding hydrogens is 372 g/mol. The summed E-state index contributed by atoms with van der Waals surface area (Å²) in [6.07, 6.45) is -0.425. The molecule has 0 aromatic carbocycles. The minimum Gasteiger partial charge on any atom is -0.494 e. The molecule has 0 amide bonds. The summed E-state index contributed by atoms with van der Waals surface area (Å²) in [5, 5.41) is 0. The summed E-state index contributed by atoms with van der Waals surface area (Å²) in [4.78, 5) is 23.3. The monoisotopic (exact) mass is 382 g/mol. The topological polar surface area (TPSA) is 61.8 Å². The molecule has 0 N–H and O–H groups in total. The molecule has 0 bridgehead atoms. The Hall–Kier alpha value is -0.400. The summed E-state index contributed by atoms with van der Waals surface area (Å²) >= 11 is 6.89. The molecule has 1 fully saturated rings. The smallest absolute Gasteiger partial charge is 0.308 e. The molecule has 0 unspecified atom stereocenters. The number of Topliss-reactive ketones (excluding diaryl/α,β-unsaturated/α-hetero) is 1. The number of halogens is 2. The molecule has 0 aromatic heterocycles. The van der Waals surface area contributed by atoms with Gasteiger partial charge in [-0.2, -0.15) is 0 Å². The quantitative estimate of drug-likeness (QED) is 0.548. The highest BCUT2D eigenvalue weighted by Gasteiger charge is 2.73. The summed E-state index contributed by atoms with van der Waals surface area (Å²) in [6, 6.07) is 0. The Kier molecular flexibility index (Phi) is 3.59. The lowest BCUT2D eigenvalue weighted by Crippen LogP contribution is -2.30. The van der Waals surface area contributed by atoms with E-state index < -0.39 is 15.3 Å². The molecule has 0 aliphatic heterocycles. The molecule has 0 saturated heterocycles. The molecule has 0 radical (unpaired) electrons. The van der Waals surface area contributed by atoms with Crippen LogP contribution in [0.3, 0.4) is 0 Å². The van der Waals surface area contributed by atoms with Gasteiger partial charge in [-0.1, -0.05) is 31.9 Å². The van der Waals surface area contributed by atoms with Crippen LogP contribution in [0.2, 0.25) is 0 Å². The molecule has 0 heterocycles. The van der Waals surface area contributed by atoms with E-state index in [4.69, 9.17) is 14.2 Å². The molecule has 0 spiro atoms. The van der Waals surface area contributed by atoms with Gasteiger partial charge in [0.15, 0.2) is 5.76 Å². The SMILES string of the molecule is COC1=C(OC(C)=O)C(=O)[C@H]2[C@H]([C@H]1OC)C2(Br)Br. The number of esters is 1. The molecule has 2 rings (SSSR count). The van der Waals surface area contributed by atoms with E-state index in [0.29, 0.717) is 0 Å². The van der Waals surface area contributed by atoms with Crippen molar-refractivity contribution in [1.82, 2.24) is 0 Å². The van der Waals surface area contributed by atoms with Crippen LogP contribution in [0.5, 0.6) is 0 Å². The van der Waals surface area contributed by atoms with Crippen molar-refractivity contribution in [3.05, 3.63) is 11.5 Å². The number of carbonyl (C=O) groups excluding carboxylic acids is 2. The number of alkyl halides is 2. The third-order valence-electron chi connectivity index (χ3n) is 3.14. The zero-order valence-corrected chi connectivity index (χ0v) is 13.2. The number of ether oxygens (including phenoxy) is 3. The van der Waals surface area contributed by atoms with Crippen molar-refractivity contribution in [1.29, 1.82) is 0 Å². The first kappa shape index (κ1) is 14.0. The van der Waals surface area contributed by atoms with Gasteiger partial charge in [-0.3, -0.25) is 9.59 Å². The van der Waals surface area contributed by atoms with Crippen molar-refractivity contribution in [2.24, 2.45) is 11.8 Å². The molecule has 1 saturated carbocycles. The number of hydrogen-bond acceptors (Lipinski definition) is 5. The zero-order valence-electron chi connectivity index (χ0n) is 10.0.